The minimum atomic E-state index is -0.567. The predicted molar refractivity (Wildman–Crippen MR) is 110 cm³/mol. The van der Waals surface area contributed by atoms with E-state index >= 15 is 0 Å². The number of aryl methyl sites for hydroxylation is 1. The molecule has 1 amide bonds. The average molecular weight is 395 g/mol. The Bertz CT molecular complexity index is 937. The van der Waals surface area contributed by atoms with Gasteiger partial charge in [-0.3, -0.25) is 4.79 Å². The maximum atomic E-state index is 13.8. The molecule has 1 N–H and O–H groups in total. The van der Waals surface area contributed by atoms with Crippen LogP contribution in [0.1, 0.15) is 54.0 Å². The summed E-state index contributed by atoms with van der Waals surface area (Å²) in [6, 6.07) is 12.7. The molecule has 2 aromatic carbocycles. The number of rotatable bonds is 9. The van der Waals surface area contributed by atoms with Crippen molar-refractivity contribution in [2.75, 3.05) is 6.61 Å². The molecule has 1 atom stereocenters. The summed E-state index contributed by atoms with van der Waals surface area (Å²) in [6.07, 6.45) is 6.73. The van der Waals surface area contributed by atoms with Crippen LogP contribution in [0.5, 0.6) is 5.75 Å². The molecule has 3 rings (SSSR count). The molecule has 0 radical (unpaired) electrons. The number of aromatic nitrogens is 2. The fraction of sp³-hybridized carbons (Fsp3) is 0.304. The number of benzene rings is 2. The summed E-state index contributed by atoms with van der Waals surface area (Å²) in [5, 5.41) is 2.97. The second kappa shape index (κ2) is 9.87. The minimum absolute atomic E-state index is 0.264. The number of carbonyl (C=O) groups excluding carboxylic acids is 1. The zero-order chi connectivity index (χ0) is 20.6. The van der Waals surface area contributed by atoms with E-state index in [1.807, 2.05) is 11.6 Å². The van der Waals surface area contributed by atoms with E-state index < -0.39 is 6.04 Å². The van der Waals surface area contributed by atoms with Gasteiger partial charge in [0.1, 0.15) is 23.4 Å². The first-order chi connectivity index (χ1) is 14.1. The topological polar surface area (TPSA) is 56.1 Å². The fourth-order valence-electron chi connectivity index (χ4n) is 3.10. The van der Waals surface area contributed by atoms with Crippen LogP contribution in [-0.4, -0.2) is 22.1 Å². The molecular formula is C23H26FN3O2. The van der Waals surface area contributed by atoms with Crippen molar-refractivity contribution in [3.63, 3.8) is 0 Å². The molecule has 0 aliphatic heterocycles. The summed E-state index contributed by atoms with van der Waals surface area (Å²) in [7, 11) is 1.84. The van der Waals surface area contributed by atoms with Gasteiger partial charge in [-0.25, -0.2) is 9.37 Å². The van der Waals surface area contributed by atoms with E-state index in [1.165, 1.54) is 12.1 Å². The molecule has 152 valence electrons. The van der Waals surface area contributed by atoms with E-state index in [-0.39, 0.29) is 11.7 Å². The Kier molecular flexibility index (Phi) is 7.00. The van der Waals surface area contributed by atoms with Crippen molar-refractivity contribution in [3.05, 3.63) is 83.7 Å². The fourth-order valence-corrected chi connectivity index (χ4v) is 3.10. The molecule has 1 unspecified atom stereocenters. The lowest BCUT2D eigenvalue weighted by Gasteiger charge is -2.19. The third kappa shape index (κ3) is 5.44. The van der Waals surface area contributed by atoms with E-state index in [0.29, 0.717) is 23.6 Å². The number of halogens is 1. The number of carbonyl (C=O) groups is 1. The number of ether oxygens (including phenoxy) is 1. The first-order valence-electron chi connectivity index (χ1n) is 9.85. The average Bonchev–Trinajstić information content (AvgIpc) is 3.15. The summed E-state index contributed by atoms with van der Waals surface area (Å²) < 4.78 is 21.3. The van der Waals surface area contributed by atoms with E-state index in [4.69, 9.17) is 4.74 Å². The Labute approximate surface area is 170 Å². The summed E-state index contributed by atoms with van der Waals surface area (Å²) >= 11 is 0. The third-order valence-electron chi connectivity index (χ3n) is 4.71. The number of hydrogen-bond acceptors (Lipinski definition) is 3. The highest BCUT2D eigenvalue weighted by molar-refractivity contribution is 5.94. The molecule has 0 spiro atoms. The number of hydrogen-bond donors (Lipinski definition) is 1. The van der Waals surface area contributed by atoms with Gasteiger partial charge < -0.3 is 14.6 Å². The lowest BCUT2D eigenvalue weighted by molar-refractivity contribution is 0.0941. The van der Waals surface area contributed by atoms with Crippen LogP contribution in [0.15, 0.2) is 60.9 Å². The van der Waals surface area contributed by atoms with Crippen LogP contribution in [-0.2, 0) is 7.05 Å². The number of imidazole rings is 1. The van der Waals surface area contributed by atoms with Gasteiger partial charge in [0, 0.05) is 25.0 Å². The molecule has 3 aromatic rings. The van der Waals surface area contributed by atoms with E-state index in [1.54, 1.807) is 48.8 Å². The molecule has 0 fully saturated rings. The van der Waals surface area contributed by atoms with Gasteiger partial charge >= 0.3 is 0 Å². The Morgan fingerprint density at radius 2 is 2.00 bits per heavy atom. The Hall–Kier alpha value is -3.15. The molecule has 0 saturated heterocycles. The molecule has 0 saturated carbocycles. The number of nitrogens with zero attached hydrogens (tertiary/aromatic N) is 2. The van der Waals surface area contributed by atoms with Crippen molar-refractivity contribution >= 4 is 5.91 Å². The van der Waals surface area contributed by atoms with Crippen molar-refractivity contribution in [2.45, 2.75) is 32.2 Å². The number of unbranched alkanes of at least 4 members (excludes halogenated alkanes) is 2. The smallest absolute Gasteiger partial charge is 0.252 e. The van der Waals surface area contributed by atoms with Gasteiger partial charge in [-0.15, -0.1) is 0 Å². The lowest BCUT2D eigenvalue weighted by Crippen LogP contribution is -2.31. The SMILES string of the molecule is CCCCCOc1ccc(C(=O)NC(c2cccc(F)c2)c2nccn2C)cc1. The lowest BCUT2D eigenvalue weighted by atomic mass is 10.0. The monoisotopic (exact) mass is 395 g/mol. The van der Waals surface area contributed by atoms with Gasteiger partial charge in [0.25, 0.3) is 5.91 Å². The van der Waals surface area contributed by atoms with Crippen LogP contribution in [0.25, 0.3) is 0 Å². The van der Waals surface area contributed by atoms with Crippen molar-refractivity contribution in [2.24, 2.45) is 7.05 Å². The van der Waals surface area contributed by atoms with Crippen molar-refractivity contribution in [1.82, 2.24) is 14.9 Å². The standard InChI is InChI=1S/C23H26FN3O2/c1-3-4-5-15-29-20-11-9-17(10-12-20)23(28)26-21(22-25-13-14-27(22)2)18-7-6-8-19(24)16-18/h6-14,16,21H,3-5,15H2,1-2H3,(H,26,28). The normalized spacial score (nSPS) is 11.8. The van der Waals surface area contributed by atoms with Crippen LogP contribution < -0.4 is 10.1 Å². The van der Waals surface area contributed by atoms with Crippen LogP contribution in [0.2, 0.25) is 0 Å². The van der Waals surface area contributed by atoms with Gasteiger partial charge in [-0.1, -0.05) is 31.9 Å². The van der Waals surface area contributed by atoms with E-state index in [0.717, 1.165) is 25.0 Å². The van der Waals surface area contributed by atoms with Gasteiger partial charge in [-0.05, 0) is 48.4 Å². The molecule has 29 heavy (non-hydrogen) atoms. The van der Waals surface area contributed by atoms with Crippen molar-refractivity contribution < 1.29 is 13.9 Å². The van der Waals surface area contributed by atoms with Gasteiger partial charge in [0.15, 0.2) is 0 Å². The minimum Gasteiger partial charge on any atom is -0.494 e. The number of amides is 1. The van der Waals surface area contributed by atoms with Crippen LogP contribution >= 0.6 is 0 Å². The quantitative estimate of drug-likeness (QED) is 0.537. The maximum absolute atomic E-state index is 13.8. The maximum Gasteiger partial charge on any atom is 0.252 e. The summed E-state index contributed by atoms with van der Waals surface area (Å²) in [6.45, 7) is 2.82. The van der Waals surface area contributed by atoms with E-state index in [9.17, 15) is 9.18 Å². The third-order valence-corrected chi connectivity index (χ3v) is 4.71. The second-order valence-corrected chi connectivity index (χ2v) is 6.94. The zero-order valence-electron chi connectivity index (χ0n) is 16.8. The first-order valence-corrected chi connectivity index (χ1v) is 9.85. The second-order valence-electron chi connectivity index (χ2n) is 6.94. The first kappa shape index (κ1) is 20.6. The largest absolute Gasteiger partial charge is 0.494 e. The van der Waals surface area contributed by atoms with Gasteiger partial charge in [0.05, 0.1) is 6.61 Å². The Morgan fingerprint density at radius 1 is 1.21 bits per heavy atom. The molecular weight excluding hydrogens is 369 g/mol. The zero-order valence-corrected chi connectivity index (χ0v) is 16.8. The van der Waals surface area contributed by atoms with E-state index in [2.05, 4.69) is 17.2 Å². The molecule has 0 aliphatic rings. The molecule has 5 nitrogen and oxygen atoms in total. The van der Waals surface area contributed by atoms with Crippen LogP contribution in [0.3, 0.4) is 0 Å². The molecule has 0 aliphatic carbocycles. The van der Waals surface area contributed by atoms with Crippen LogP contribution in [0, 0.1) is 5.82 Å². The summed E-state index contributed by atoms with van der Waals surface area (Å²) in [5.41, 5.74) is 1.13. The molecule has 1 aromatic heterocycles. The molecule has 0 bridgehead atoms. The van der Waals surface area contributed by atoms with Crippen molar-refractivity contribution in [3.8, 4) is 5.75 Å². The summed E-state index contributed by atoms with van der Waals surface area (Å²) in [5.74, 6) is 0.739. The molecule has 6 heteroatoms. The Balaban J connectivity index is 1.74. The highest BCUT2D eigenvalue weighted by Gasteiger charge is 2.22. The predicted octanol–water partition coefficient (Wildman–Crippen LogP) is 4.65. The van der Waals surface area contributed by atoms with Gasteiger partial charge in [-0.2, -0.15) is 0 Å². The van der Waals surface area contributed by atoms with Crippen molar-refractivity contribution in [1.29, 1.82) is 0 Å². The van der Waals surface area contributed by atoms with Gasteiger partial charge in [0.2, 0.25) is 0 Å². The highest BCUT2D eigenvalue weighted by atomic mass is 19.1. The molecule has 1 heterocycles. The Morgan fingerprint density at radius 3 is 2.66 bits per heavy atom. The summed E-state index contributed by atoms with van der Waals surface area (Å²) in [4.78, 5) is 17.2. The number of nitrogens with one attached hydrogen (secondary N) is 1. The highest BCUT2D eigenvalue weighted by Crippen LogP contribution is 2.22. The van der Waals surface area contributed by atoms with Crippen LogP contribution in [0.4, 0.5) is 4.39 Å².